The molecule has 1 aromatic carbocycles. The Balaban J connectivity index is 1.54. The van der Waals surface area contributed by atoms with E-state index in [2.05, 4.69) is 49.4 Å². The van der Waals surface area contributed by atoms with E-state index in [1.165, 1.54) is 21.6 Å². The Morgan fingerprint density at radius 2 is 2.03 bits per heavy atom. The lowest BCUT2D eigenvalue weighted by atomic mass is 9.67. The van der Waals surface area contributed by atoms with E-state index < -0.39 is 0 Å². The highest BCUT2D eigenvalue weighted by atomic mass is 127. The number of methoxy groups -OCH3 is 1. The van der Waals surface area contributed by atoms with Crippen molar-refractivity contribution in [2.24, 2.45) is 23.7 Å². The van der Waals surface area contributed by atoms with Crippen LogP contribution >= 0.6 is 22.6 Å². The van der Waals surface area contributed by atoms with Crippen LogP contribution in [0.5, 0.6) is 11.5 Å². The number of nitrogens with zero attached hydrogens (tertiary/aromatic N) is 1. The molecular weight excluding hydrogens is 533 g/mol. The second-order valence-electron chi connectivity index (χ2n) is 9.72. The fraction of sp³-hybridized carbons (Fsp3) is 0.538. The Hall–Kier alpha value is -1.87. The van der Waals surface area contributed by atoms with Gasteiger partial charge < -0.3 is 14.6 Å². The molecule has 1 aromatic rings. The molecule has 33 heavy (non-hydrogen) atoms. The Kier molecular flexibility index (Phi) is 6.92. The molecule has 2 saturated heterocycles. The van der Waals surface area contributed by atoms with E-state index in [1.807, 2.05) is 12.1 Å². The van der Waals surface area contributed by atoms with E-state index in [-0.39, 0.29) is 41.4 Å². The van der Waals surface area contributed by atoms with Crippen LogP contribution in [0.15, 0.2) is 28.9 Å². The van der Waals surface area contributed by atoms with Crippen molar-refractivity contribution in [2.45, 2.75) is 46.1 Å². The molecule has 178 valence electrons. The normalized spacial score (nSPS) is 27.5. The summed E-state index contributed by atoms with van der Waals surface area (Å²) in [5.41, 5.74) is 4.77. The van der Waals surface area contributed by atoms with Crippen LogP contribution in [0.1, 0.15) is 45.6 Å². The number of likely N-dealkylation sites (tertiary alicyclic amines) is 1. The molecule has 4 atom stereocenters. The summed E-state index contributed by atoms with van der Waals surface area (Å²) < 4.78 is 12.3. The van der Waals surface area contributed by atoms with Crippen LogP contribution in [0.4, 0.5) is 0 Å². The molecular formula is C26H32INO5. The topological polar surface area (TPSA) is 76.1 Å². The first kappa shape index (κ1) is 24.3. The molecule has 7 heteroatoms. The van der Waals surface area contributed by atoms with Crippen molar-refractivity contribution in [1.29, 1.82) is 0 Å². The number of carbonyl (C=O) groups is 2. The lowest BCUT2D eigenvalue weighted by Gasteiger charge is -2.33. The van der Waals surface area contributed by atoms with Crippen molar-refractivity contribution >= 4 is 40.5 Å². The summed E-state index contributed by atoms with van der Waals surface area (Å²) in [6.45, 7) is 6.96. The van der Waals surface area contributed by atoms with E-state index >= 15 is 0 Å². The summed E-state index contributed by atoms with van der Waals surface area (Å²) in [6.07, 6.45) is 4.46. The fourth-order valence-corrected chi connectivity index (χ4v) is 6.29. The molecule has 0 spiro atoms. The van der Waals surface area contributed by atoms with E-state index in [0.29, 0.717) is 24.7 Å². The van der Waals surface area contributed by atoms with Crippen LogP contribution in [0, 0.1) is 27.2 Å². The predicted octanol–water partition coefficient (Wildman–Crippen LogP) is 4.79. The van der Waals surface area contributed by atoms with Crippen LogP contribution in [-0.2, 0) is 14.3 Å². The molecule has 0 radical (unpaired) electrons. The molecule has 0 bridgehead atoms. The molecule has 0 saturated carbocycles. The second-order valence-corrected chi connectivity index (χ2v) is 10.9. The zero-order valence-corrected chi connectivity index (χ0v) is 22.0. The van der Waals surface area contributed by atoms with Gasteiger partial charge in [0.1, 0.15) is 0 Å². The number of hydrogen-bond acceptors (Lipinski definition) is 5. The zero-order chi connectivity index (χ0) is 24.0. The molecule has 1 aliphatic carbocycles. The number of fused-ring (bicyclic) bond motifs is 3. The third kappa shape index (κ3) is 4.34. The number of rotatable bonds is 6. The summed E-state index contributed by atoms with van der Waals surface area (Å²) >= 11 is 2.10. The third-order valence-corrected chi connectivity index (χ3v) is 8.17. The van der Waals surface area contributed by atoms with Gasteiger partial charge in [0.25, 0.3) is 0 Å². The lowest BCUT2D eigenvalue weighted by molar-refractivity contribution is -0.138. The van der Waals surface area contributed by atoms with Gasteiger partial charge in [0.15, 0.2) is 11.5 Å². The number of allylic oxidation sites excluding steroid dienone is 2. The standard InChI is InChI=1S/C26H32INO5/c1-13(2)16-11-17-23(26(31)28(4)25(17)30)18-12-33-20(22(16)18)7-6-14(3)8-15-9-19(27)24(29)21(10-15)32-5/h8-10,13,17-18,20,23,29H,6-7,11-12H2,1-5H3/b14-8+/t17-,18+,20-,23-/m1/s1. The van der Waals surface area contributed by atoms with Crippen molar-refractivity contribution < 1.29 is 24.2 Å². The fourth-order valence-electron chi connectivity index (χ4n) is 5.66. The number of hydrogen-bond donors (Lipinski definition) is 1. The van der Waals surface area contributed by atoms with Crippen molar-refractivity contribution in [3.63, 3.8) is 0 Å². The molecule has 6 nitrogen and oxygen atoms in total. The number of imide groups is 1. The first-order chi connectivity index (χ1) is 15.6. The molecule has 0 unspecified atom stereocenters. The minimum absolute atomic E-state index is 0.0137. The lowest BCUT2D eigenvalue weighted by Crippen LogP contribution is -2.34. The summed E-state index contributed by atoms with van der Waals surface area (Å²) in [5, 5.41) is 10.1. The summed E-state index contributed by atoms with van der Waals surface area (Å²) in [5.74, 6) is 0.372. The van der Waals surface area contributed by atoms with Gasteiger partial charge in [-0.3, -0.25) is 14.5 Å². The number of halogens is 1. The van der Waals surface area contributed by atoms with Crippen LogP contribution in [0.25, 0.3) is 6.08 Å². The first-order valence-corrected chi connectivity index (χ1v) is 12.6. The van der Waals surface area contributed by atoms with E-state index in [4.69, 9.17) is 9.47 Å². The summed E-state index contributed by atoms with van der Waals surface area (Å²) in [6, 6.07) is 3.77. The maximum absolute atomic E-state index is 12.8. The highest BCUT2D eigenvalue weighted by Crippen LogP contribution is 2.51. The molecule has 2 heterocycles. The Morgan fingerprint density at radius 1 is 1.30 bits per heavy atom. The van der Waals surface area contributed by atoms with Gasteiger partial charge in [0, 0.05) is 13.0 Å². The van der Waals surface area contributed by atoms with Gasteiger partial charge in [0.05, 0.1) is 35.2 Å². The largest absolute Gasteiger partial charge is 0.504 e. The molecule has 1 N–H and O–H groups in total. The van der Waals surface area contributed by atoms with Gasteiger partial charge >= 0.3 is 0 Å². The highest BCUT2D eigenvalue weighted by molar-refractivity contribution is 14.1. The van der Waals surface area contributed by atoms with Crippen LogP contribution in [-0.4, -0.2) is 48.7 Å². The average molecular weight is 565 g/mol. The number of phenols is 1. The Bertz CT molecular complexity index is 1040. The van der Waals surface area contributed by atoms with Crippen molar-refractivity contribution in [1.82, 2.24) is 4.90 Å². The van der Waals surface area contributed by atoms with Gasteiger partial charge in [-0.15, -0.1) is 0 Å². The monoisotopic (exact) mass is 565 g/mol. The van der Waals surface area contributed by atoms with Crippen molar-refractivity contribution in [3.05, 3.63) is 38.0 Å². The smallest absolute Gasteiger partial charge is 0.233 e. The zero-order valence-electron chi connectivity index (χ0n) is 19.9. The third-order valence-electron chi connectivity index (χ3n) is 7.35. The molecule has 2 amide bonds. The first-order valence-electron chi connectivity index (χ1n) is 11.5. The number of phenolic OH excluding ortho intramolecular Hbond substituents is 1. The average Bonchev–Trinajstić information content (AvgIpc) is 3.29. The van der Waals surface area contributed by atoms with Crippen LogP contribution in [0.3, 0.4) is 0 Å². The quantitative estimate of drug-likeness (QED) is 0.305. The van der Waals surface area contributed by atoms with E-state index in [1.54, 1.807) is 14.2 Å². The maximum Gasteiger partial charge on any atom is 0.233 e. The number of carbonyl (C=O) groups excluding carboxylic acids is 2. The minimum atomic E-state index is -0.270. The summed E-state index contributed by atoms with van der Waals surface area (Å²) in [7, 11) is 3.16. The van der Waals surface area contributed by atoms with Gasteiger partial charge in [-0.2, -0.15) is 0 Å². The SMILES string of the molecule is COc1cc(/C=C(\C)CC[C@H]2OC[C@H]3C2=C(C(C)C)C[C@H]2C(=O)N(C)C(=O)[C@H]23)cc(I)c1O. The van der Waals surface area contributed by atoms with Gasteiger partial charge in [0.2, 0.25) is 11.8 Å². The Morgan fingerprint density at radius 3 is 2.70 bits per heavy atom. The van der Waals surface area contributed by atoms with Crippen LogP contribution in [0.2, 0.25) is 0 Å². The maximum atomic E-state index is 12.8. The molecule has 4 rings (SSSR count). The van der Waals surface area contributed by atoms with Crippen LogP contribution < -0.4 is 4.74 Å². The molecule has 2 fully saturated rings. The predicted molar refractivity (Wildman–Crippen MR) is 135 cm³/mol. The molecule has 0 aromatic heterocycles. The van der Waals surface area contributed by atoms with Gasteiger partial charge in [-0.05, 0) is 78.0 Å². The van der Waals surface area contributed by atoms with Gasteiger partial charge in [-0.25, -0.2) is 0 Å². The van der Waals surface area contributed by atoms with Crippen molar-refractivity contribution in [3.8, 4) is 11.5 Å². The number of aromatic hydroxyl groups is 1. The van der Waals surface area contributed by atoms with E-state index in [9.17, 15) is 14.7 Å². The van der Waals surface area contributed by atoms with E-state index in [0.717, 1.165) is 22.0 Å². The molecule has 2 aliphatic heterocycles. The number of amides is 2. The number of benzene rings is 1. The summed E-state index contributed by atoms with van der Waals surface area (Å²) in [4.78, 5) is 26.8. The Labute approximate surface area is 209 Å². The van der Waals surface area contributed by atoms with Gasteiger partial charge in [-0.1, -0.05) is 31.1 Å². The second kappa shape index (κ2) is 9.41. The molecule has 3 aliphatic rings. The number of ether oxygens (including phenoxy) is 2. The minimum Gasteiger partial charge on any atom is -0.504 e. The van der Waals surface area contributed by atoms with Crippen molar-refractivity contribution in [2.75, 3.05) is 20.8 Å². The highest BCUT2D eigenvalue weighted by Gasteiger charge is 2.56.